The standard InChI is InChI=1S/C18H22FN3O2/c1-21-13-14(12-20-21)16-7-4-10-22(16)18(23)9-5-11-24-17-8-3-2-6-15(17)19/h2-3,6,8,12-13,16H,4-5,7,9-11H2,1H3/t16-/m1/s1. The molecule has 0 radical (unpaired) electrons. The first kappa shape index (κ1) is 16.5. The van der Waals surface area contributed by atoms with Gasteiger partial charge in [-0.05, 0) is 31.4 Å². The Morgan fingerprint density at radius 3 is 3.00 bits per heavy atom. The molecule has 1 atom stereocenters. The molecule has 0 saturated carbocycles. The maximum absolute atomic E-state index is 13.5. The van der Waals surface area contributed by atoms with Crippen molar-refractivity contribution in [2.24, 2.45) is 7.05 Å². The molecular formula is C18H22FN3O2. The van der Waals surface area contributed by atoms with E-state index < -0.39 is 0 Å². The van der Waals surface area contributed by atoms with Crippen molar-refractivity contribution in [3.8, 4) is 5.75 Å². The highest BCUT2D eigenvalue weighted by atomic mass is 19.1. The van der Waals surface area contributed by atoms with E-state index in [1.165, 1.54) is 6.07 Å². The zero-order valence-corrected chi connectivity index (χ0v) is 13.8. The lowest BCUT2D eigenvalue weighted by atomic mass is 10.1. The Morgan fingerprint density at radius 2 is 2.25 bits per heavy atom. The van der Waals surface area contributed by atoms with Crippen LogP contribution in [0.4, 0.5) is 4.39 Å². The number of ether oxygens (including phenoxy) is 1. The highest BCUT2D eigenvalue weighted by Gasteiger charge is 2.30. The minimum atomic E-state index is -0.375. The van der Waals surface area contributed by atoms with E-state index in [1.54, 1.807) is 22.9 Å². The molecule has 1 aromatic heterocycles. The van der Waals surface area contributed by atoms with Crippen LogP contribution in [0.25, 0.3) is 0 Å². The number of carbonyl (C=O) groups excluding carboxylic acids is 1. The topological polar surface area (TPSA) is 47.4 Å². The molecule has 6 heteroatoms. The van der Waals surface area contributed by atoms with Gasteiger partial charge in [-0.15, -0.1) is 0 Å². The minimum Gasteiger partial charge on any atom is -0.491 e. The average molecular weight is 331 g/mol. The molecular weight excluding hydrogens is 309 g/mol. The fourth-order valence-corrected chi connectivity index (χ4v) is 3.13. The molecule has 2 heterocycles. The number of likely N-dealkylation sites (tertiary alicyclic amines) is 1. The SMILES string of the molecule is Cn1cc([C@H]2CCCN2C(=O)CCCOc2ccccc2F)cn1. The number of para-hydroxylation sites is 1. The van der Waals surface area contributed by atoms with Crippen molar-refractivity contribution >= 4 is 5.91 Å². The van der Waals surface area contributed by atoms with Crippen LogP contribution in [-0.2, 0) is 11.8 Å². The van der Waals surface area contributed by atoms with E-state index in [1.807, 2.05) is 24.3 Å². The van der Waals surface area contributed by atoms with Gasteiger partial charge in [0.15, 0.2) is 11.6 Å². The van der Waals surface area contributed by atoms with E-state index in [9.17, 15) is 9.18 Å². The Hall–Kier alpha value is -2.37. The van der Waals surface area contributed by atoms with E-state index in [4.69, 9.17) is 4.74 Å². The number of aryl methyl sites for hydroxylation is 1. The molecule has 0 N–H and O–H groups in total. The second kappa shape index (κ2) is 7.47. The summed E-state index contributed by atoms with van der Waals surface area (Å²) in [7, 11) is 1.88. The highest BCUT2D eigenvalue weighted by Crippen LogP contribution is 2.32. The second-order valence-corrected chi connectivity index (χ2v) is 6.07. The van der Waals surface area contributed by atoms with Gasteiger partial charge in [0.05, 0.1) is 18.8 Å². The summed E-state index contributed by atoms with van der Waals surface area (Å²) in [5, 5.41) is 4.20. The van der Waals surface area contributed by atoms with Gasteiger partial charge in [0, 0.05) is 31.8 Å². The quantitative estimate of drug-likeness (QED) is 0.764. The van der Waals surface area contributed by atoms with E-state index in [0.29, 0.717) is 19.4 Å². The van der Waals surface area contributed by atoms with Crippen molar-refractivity contribution in [3.63, 3.8) is 0 Å². The fourth-order valence-electron chi connectivity index (χ4n) is 3.13. The normalized spacial score (nSPS) is 17.2. The van der Waals surface area contributed by atoms with Gasteiger partial charge in [0.25, 0.3) is 0 Å². The Balaban J connectivity index is 1.49. The average Bonchev–Trinajstić information content (AvgIpc) is 3.21. The van der Waals surface area contributed by atoms with Gasteiger partial charge in [-0.2, -0.15) is 5.10 Å². The molecule has 128 valence electrons. The number of halogens is 1. The van der Waals surface area contributed by atoms with Crippen LogP contribution in [0.5, 0.6) is 5.75 Å². The summed E-state index contributed by atoms with van der Waals surface area (Å²) in [6.45, 7) is 1.12. The maximum Gasteiger partial charge on any atom is 0.223 e. The maximum atomic E-state index is 13.5. The molecule has 1 aromatic carbocycles. The molecule has 0 aliphatic carbocycles. The number of hydrogen-bond donors (Lipinski definition) is 0. The lowest BCUT2D eigenvalue weighted by molar-refractivity contribution is -0.132. The van der Waals surface area contributed by atoms with Gasteiger partial charge in [-0.25, -0.2) is 4.39 Å². The van der Waals surface area contributed by atoms with Crippen LogP contribution < -0.4 is 4.74 Å². The lowest BCUT2D eigenvalue weighted by Gasteiger charge is -2.24. The van der Waals surface area contributed by atoms with Crippen LogP contribution in [0.15, 0.2) is 36.7 Å². The molecule has 1 amide bonds. The van der Waals surface area contributed by atoms with Crippen LogP contribution in [-0.4, -0.2) is 33.7 Å². The zero-order chi connectivity index (χ0) is 16.9. The van der Waals surface area contributed by atoms with E-state index in [0.717, 1.165) is 24.9 Å². The van der Waals surface area contributed by atoms with Gasteiger partial charge in [-0.1, -0.05) is 12.1 Å². The van der Waals surface area contributed by atoms with Gasteiger partial charge in [0.1, 0.15) is 0 Å². The Bertz CT molecular complexity index is 701. The molecule has 1 aliphatic rings. The first-order chi connectivity index (χ1) is 11.6. The molecule has 2 aromatic rings. The summed E-state index contributed by atoms with van der Waals surface area (Å²) in [5.74, 6) is -0.0159. The Labute approximate surface area is 141 Å². The molecule has 1 fully saturated rings. The van der Waals surface area contributed by atoms with Gasteiger partial charge >= 0.3 is 0 Å². The second-order valence-electron chi connectivity index (χ2n) is 6.07. The third kappa shape index (κ3) is 3.75. The van der Waals surface area contributed by atoms with Gasteiger partial charge in [-0.3, -0.25) is 9.48 Å². The van der Waals surface area contributed by atoms with Gasteiger partial charge in [0.2, 0.25) is 5.91 Å². The number of carbonyl (C=O) groups is 1. The van der Waals surface area contributed by atoms with Crippen LogP contribution in [0.3, 0.4) is 0 Å². The number of rotatable bonds is 6. The molecule has 0 bridgehead atoms. The summed E-state index contributed by atoms with van der Waals surface area (Å²) in [6, 6.07) is 6.43. The minimum absolute atomic E-state index is 0.124. The van der Waals surface area contributed by atoms with Crippen LogP contribution in [0.2, 0.25) is 0 Å². The van der Waals surface area contributed by atoms with Crippen molar-refractivity contribution < 1.29 is 13.9 Å². The molecule has 0 unspecified atom stereocenters. The number of benzene rings is 1. The third-order valence-corrected chi connectivity index (χ3v) is 4.31. The largest absolute Gasteiger partial charge is 0.491 e. The zero-order valence-electron chi connectivity index (χ0n) is 13.8. The molecule has 24 heavy (non-hydrogen) atoms. The summed E-state index contributed by atoms with van der Waals surface area (Å²) in [4.78, 5) is 14.4. The van der Waals surface area contributed by atoms with Crippen LogP contribution >= 0.6 is 0 Å². The highest BCUT2D eigenvalue weighted by molar-refractivity contribution is 5.77. The van der Waals surface area contributed by atoms with Crippen molar-refractivity contribution in [1.82, 2.24) is 14.7 Å². The molecule has 1 saturated heterocycles. The van der Waals surface area contributed by atoms with E-state index >= 15 is 0 Å². The predicted molar refractivity (Wildman–Crippen MR) is 88.0 cm³/mol. The number of aromatic nitrogens is 2. The molecule has 1 aliphatic heterocycles. The summed E-state index contributed by atoms with van der Waals surface area (Å²) in [6.07, 6.45) is 6.77. The van der Waals surface area contributed by atoms with Crippen molar-refractivity contribution in [2.75, 3.05) is 13.2 Å². The van der Waals surface area contributed by atoms with Crippen molar-refractivity contribution in [3.05, 3.63) is 48.0 Å². The van der Waals surface area contributed by atoms with Crippen LogP contribution in [0, 0.1) is 5.82 Å². The lowest BCUT2D eigenvalue weighted by Crippen LogP contribution is -2.30. The Kier molecular flexibility index (Phi) is 5.13. The van der Waals surface area contributed by atoms with Crippen LogP contribution in [0.1, 0.15) is 37.3 Å². The molecule has 3 rings (SSSR count). The van der Waals surface area contributed by atoms with Crippen molar-refractivity contribution in [1.29, 1.82) is 0 Å². The van der Waals surface area contributed by atoms with E-state index in [-0.39, 0.29) is 23.5 Å². The first-order valence-corrected chi connectivity index (χ1v) is 8.30. The van der Waals surface area contributed by atoms with Crippen molar-refractivity contribution in [2.45, 2.75) is 31.7 Å². The molecule has 0 spiro atoms. The third-order valence-electron chi connectivity index (χ3n) is 4.31. The summed E-state index contributed by atoms with van der Waals surface area (Å²) in [5.41, 5.74) is 1.09. The first-order valence-electron chi connectivity index (χ1n) is 8.30. The van der Waals surface area contributed by atoms with Gasteiger partial charge < -0.3 is 9.64 Å². The fraction of sp³-hybridized carbons (Fsp3) is 0.444. The van der Waals surface area contributed by atoms with E-state index in [2.05, 4.69) is 5.10 Å². The summed E-state index contributed by atoms with van der Waals surface area (Å²) >= 11 is 0. The smallest absolute Gasteiger partial charge is 0.223 e. The summed E-state index contributed by atoms with van der Waals surface area (Å²) < 4.78 is 20.6. The molecule has 5 nitrogen and oxygen atoms in total. The Morgan fingerprint density at radius 1 is 1.42 bits per heavy atom. The predicted octanol–water partition coefficient (Wildman–Crippen LogP) is 3.08. The number of amides is 1. The number of hydrogen-bond acceptors (Lipinski definition) is 3. The monoisotopic (exact) mass is 331 g/mol. The number of nitrogens with zero attached hydrogens (tertiary/aromatic N) is 3.